The molecule has 7 nitrogen and oxygen atoms in total. The molecule has 2 N–H and O–H groups in total. The van der Waals surface area contributed by atoms with E-state index >= 15 is 0 Å². The Kier molecular flexibility index (Phi) is 5.21. The third kappa shape index (κ3) is 4.65. The number of benzene rings is 2. The average Bonchev–Trinajstić information content (AvgIpc) is 3.15. The van der Waals surface area contributed by atoms with Gasteiger partial charge in [-0.25, -0.2) is 4.98 Å². The van der Waals surface area contributed by atoms with E-state index in [1.54, 1.807) is 30.3 Å². The van der Waals surface area contributed by atoms with E-state index < -0.39 is 6.36 Å². The Balaban J connectivity index is 1.65. The Bertz CT molecular complexity index is 1060. The lowest BCUT2D eigenvalue weighted by molar-refractivity contribution is -0.274. The molecule has 2 aromatic carbocycles. The van der Waals surface area contributed by atoms with Crippen molar-refractivity contribution in [3.05, 3.63) is 48.5 Å². The molecule has 1 aliphatic rings. The van der Waals surface area contributed by atoms with Crippen LogP contribution in [0.5, 0.6) is 17.2 Å². The van der Waals surface area contributed by atoms with E-state index in [0.717, 1.165) is 0 Å². The van der Waals surface area contributed by atoms with E-state index in [4.69, 9.17) is 9.47 Å². The van der Waals surface area contributed by atoms with Gasteiger partial charge in [0.15, 0.2) is 11.5 Å². The fourth-order valence-corrected chi connectivity index (χ4v) is 2.87. The van der Waals surface area contributed by atoms with Gasteiger partial charge in [-0.1, -0.05) is 12.1 Å². The number of aromatic nitrogens is 2. The highest BCUT2D eigenvalue weighted by Crippen LogP contribution is 2.35. The second-order valence-corrected chi connectivity index (χ2v) is 6.26. The number of anilines is 3. The van der Waals surface area contributed by atoms with Crippen molar-refractivity contribution in [1.29, 1.82) is 0 Å². The summed E-state index contributed by atoms with van der Waals surface area (Å²) in [4.78, 5) is 8.79. The number of halogens is 3. The molecule has 0 amide bonds. The van der Waals surface area contributed by atoms with E-state index in [0.29, 0.717) is 46.8 Å². The molecule has 0 atom stereocenters. The van der Waals surface area contributed by atoms with Crippen LogP contribution in [-0.2, 0) is 0 Å². The first-order valence-electron chi connectivity index (χ1n) is 9.05. The maximum absolute atomic E-state index is 12.6. The van der Waals surface area contributed by atoms with Crippen LogP contribution in [-0.4, -0.2) is 29.7 Å². The molecule has 156 valence electrons. The van der Waals surface area contributed by atoms with Crippen molar-refractivity contribution in [2.24, 2.45) is 0 Å². The minimum atomic E-state index is -4.77. The first-order valence-corrected chi connectivity index (χ1v) is 9.05. The van der Waals surface area contributed by atoms with Gasteiger partial charge in [0.25, 0.3) is 0 Å². The SMILES string of the molecule is CCNc1nc(Nc2ccc3c(c2)OCO3)cc(-c2cccc(OC(F)(F)F)c2)n1. The van der Waals surface area contributed by atoms with Gasteiger partial charge in [-0.2, -0.15) is 4.98 Å². The van der Waals surface area contributed by atoms with Gasteiger partial charge in [-0.15, -0.1) is 13.2 Å². The Morgan fingerprint density at radius 2 is 1.87 bits per heavy atom. The highest BCUT2D eigenvalue weighted by molar-refractivity contribution is 5.69. The Morgan fingerprint density at radius 3 is 2.67 bits per heavy atom. The van der Waals surface area contributed by atoms with Gasteiger partial charge in [0.05, 0.1) is 5.69 Å². The van der Waals surface area contributed by atoms with Gasteiger partial charge in [0, 0.05) is 29.9 Å². The summed E-state index contributed by atoms with van der Waals surface area (Å²) in [6, 6.07) is 12.6. The van der Waals surface area contributed by atoms with Crippen LogP contribution in [0.25, 0.3) is 11.3 Å². The fourth-order valence-electron chi connectivity index (χ4n) is 2.87. The smallest absolute Gasteiger partial charge is 0.454 e. The highest BCUT2D eigenvalue weighted by Gasteiger charge is 2.31. The molecular weight excluding hydrogens is 401 g/mol. The Hall–Kier alpha value is -3.69. The number of hydrogen-bond acceptors (Lipinski definition) is 7. The molecular formula is C20H17F3N4O3. The van der Waals surface area contributed by atoms with Crippen molar-refractivity contribution < 1.29 is 27.4 Å². The summed E-state index contributed by atoms with van der Waals surface area (Å²) < 4.78 is 52.3. The van der Waals surface area contributed by atoms with Crippen molar-refractivity contribution in [1.82, 2.24) is 9.97 Å². The first kappa shape index (κ1) is 19.6. The molecule has 0 unspecified atom stereocenters. The van der Waals surface area contributed by atoms with Gasteiger partial charge in [0.1, 0.15) is 11.6 Å². The third-order valence-electron chi connectivity index (χ3n) is 4.07. The molecule has 30 heavy (non-hydrogen) atoms. The molecule has 0 saturated carbocycles. The topological polar surface area (TPSA) is 77.5 Å². The molecule has 3 aromatic rings. The predicted octanol–water partition coefficient (Wildman–Crippen LogP) is 4.95. The van der Waals surface area contributed by atoms with Crippen molar-refractivity contribution in [2.75, 3.05) is 24.0 Å². The van der Waals surface area contributed by atoms with Crippen molar-refractivity contribution >= 4 is 17.5 Å². The zero-order valence-electron chi connectivity index (χ0n) is 15.8. The summed E-state index contributed by atoms with van der Waals surface area (Å²) in [6.07, 6.45) is -4.77. The second-order valence-electron chi connectivity index (χ2n) is 6.26. The molecule has 0 spiro atoms. The maximum atomic E-state index is 12.6. The van der Waals surface area contributed by atoms with Crippen LogP contribution in [0.3, 0.4) is 0 Å². The zero-order chi connectivity index (χ0) is 21.1. The van der Waals surface area contributed by atoms with Gasteiger partial charge >= 0.3 is 6.36 Å². The quantitative estimate of drug-likeness (QED) is 0.587. The summed E-state index contributed by atoms with van der Waals surface area (Å²) in [6.45, 7) is 2.63. The molecule has 1 aromatic heterocycles. The number of nitrogens with zero attached hydrogens (tertiary/aromatic N) is 2. The van der Waals surface area contributed by atoms with E-state index in [-0.39, 0.29) is 12.5 Å². The lowest BCUT2D eigenvalue weighted by atomic mass is 10.1. The summed E-state index contributed by atoms with van der Waals surface area (Å²) in [5, 5.41) is 6.18. The fraction of sp³-hybridized carbons (Fsp3) is 0.200. The molecule has 0 radical (unpaired) electrons. The van der Waals surface area contributed by atoms with Crippen LogP contribution < -0.4 is 24.8 Å². The normalized spacial score (nSPS) is 12.5. The lowest BCUT2D eigenvalue weighted by Gasteiger charge is -2.13. The standard InChI is InChI=1S/C20H17F3N4O3/c1-2-24-19-26-15(12-4-3-5-14(8-12)30-20(21,22)23)10-18(27-19)25-13-6-7-16-17(9-13)29-11-28-16/h3-10H,2,11H2,1H3,(H2,24,25,26,27). The summed E-state index contributed by atoms with van der Waals surface area (Å²) in [5.41, 5.74) is 1.59. The number of alkyl halides is 3. The van der Waals surface area contributed by atoms with E-state index in [9.17, 15) is 13.2 Å². The first-order chi connectivity index (χ1) is 14.4. The highest BCUT2D eigenvalue weighted by atomic mass is 19.4. The molecule has 2 heterocycles. The lowest BCUT2D eigenvalue weighted by Crippen LogP contribution is -2.17. The number of ether oxygens (including phenoxy) is 3. The van der Waals surface area contributed by atoms with Crippen LogP contribution >= 0.6 is 0 Å². The van der Waals surface area contributed by atoms with Crippen molar-refractivity contribution in [2.45, 2.75) is 13.3 Å². The largest absolute Gasteiger partial charge is 0.573 e. The van der Waals surface area contributed by atoms with Gasteiger partial charge in [-0.3, -0.25) is 0 Å². The second kappa shape index (κ2) is 7.97. The number of nitrogens with one attached hydrogen (secondary N) is 2. The summed E-state index contributed by atoms with van der Waals surface area (Å²) >= 11 is 0. The van der Waals surface area contributed by atoms with Crippen LogP contribution in [0.2, 0.25) is 0 Å². The minimum absolute atomic E-state index is 0.164. The number of rotatable bonds is 6. The number of fused-ring (bicyclic) bond motifs is 1. The van der Waals surface area contributed by atoms with Crippen molar-refractivity contribution in [3.8, 4) is 28.5 Å². The van der Waals surface area contributed by atoms with Crippen LogP contribution in [0.1, 0.15) is 6.92 Å². The van der Waals surface area contributed by atoms with E-state index in [2.05, 4.69) is 25.3 Å². The molecule has 10 heteroatoms. The molecule has 1 aliphatic heterocycles. The molecule has 4 rings (SSSR count). The molecule has 0 aliphatic carbocycles. The van der Waals surface area contributed by atoms with Gasteiger partial charge in [0.2, 0.25) is 12.7 Å². The van der Waals surface area contributed by atoms with Crippen LogP contribution in [0.15, 0.2) is 48.5 Å². The average molecular weight is 418 g/mol. The van der Waals surface area contributed by atoms with Crippen LogP contribution in [0, 0.1) is 0 Å². The Labute approximate surface area is 169 Å². The van der Waals surface area contributed by atoms with Gasteiger partial charge < -0.3 is 24.8 Å². The third-order valence-corrected chi connectivity index (χ3v) is 4.07. The van der Waals surface area contributed by atoms with Crippen LogP contribution in [0.4, 0.5) is 30.6 Å². The molecule has 0 bridgehead atoms. The summed E-state index contributed by atoms with van der Waals surface area (Å²) in [7, 11) is 0. The summed E-state index contributed by atoms with van der Waals surface area (Å²) in [5.74, 6) is 1.73. The zero-order valence-corrected chi connectivity index (χ0v) is 15.8. The molecule has 0 saturated heterocycles. The number of hydrogen-bond donors (Lipinski definition) is 2. The van der Waals surface area contributed by atoms with E-state index in [1.807, 2.05) is 6.92 Å². The predicted molar refractivity (Wildman–Crippen MR) is 104 cm³/mol. The minimum Gasteiger partial charge on any atom is -0.454 e. The monoisotopic (exact) mass is 418 g/mol. The van der Waals surface area contributed by atoms with Gasteiger partial charge in [-0.05, 0) is 31.2 Å². The van der Waals surface area contributed by atoms with E-state index in [1.165, 1.54) is 18.2 Å². The Morgan fingerprint density at radius 1 is 1.03 bits per heavy atom. The molecule has 0 fully saturated rings. The maximum Gasteiger partial charge on any atom is 0.573 e. The van der Waals surface area contributed by atoms with Crippen molar-refractivity contribution in [3.63, 3.8) is 0 Å².